The highest BCUT2D eigenvalue weighted by Gasteiger charge is 2.26. The number of hydrogen-bond donors (Lipinski definition) is 1. The molecular formula is C13H17N5O5. The van der Waals surface area contributed by atoms with Gasteiger partial charge in [-0.15, -0.1) is 0 Å². The number of ether oxygens (including phenoxy) is 2. The number of amidine groups is 1. The molecule has 0 amide bonds. The Morgan fingerprint density at radius 1 is 1.35 bits per heavy atom. The first kappa shape index (κ1) is 16.3. The van der Waals surface area contributed by atoms with Crippen LogP contribution in [-0.4, -0.2) is 71.7 Å². The van der Waals surface area contributed by atoms with Crippen molar-refractivity contribution in [3.8, 4) is 17.6 Å². The average Bonchev–Trinajstić information content (AvgIpc) is 2.54. The van der Waals surface area contributed by atoms with Crippen LogP contribution in [0.5, 0.6) is 17.6 Å². The zero-order valence-electron chi connectivity index (χ0n) is 13.2. The van der Waals surface area contributed by atoms with Gasteiger partial charge in [0.1, 0.15) is 5.82 Å². The summed E-state index contributed by atoms with van der Waals surface area (Å²) in [6.07, 6.45) is 3.08. The van der Waals surface area contributed by atoms with Crippen LogP contribution < -0.4 is 14.3 Å². The van der Waals surface area contributed by atoms with Gasteiger partial charge in [0.05, 0.1) is 27.0 Å². The monoisotopic (exact) mass is 323 g/mol. The smallest absolute Gasteiger partial charge is 0.375 e. The lowest BCUT2D eigenvalue weighted by Crippen LogP contribution is -2.42. The molecule has 10 heteroatoms. The second-order valence-electron chi connectivity index (χ2n) is 4.58. The van der Waals surface area contributed by atoms with Gasteiger partial charge in [0.15, 0.2) is 5.75 Å². The van der Waals surface area contributed by atoms with Crippen LogP contribution >= 0.6 is 0 Å². The van der Waals surface area contributed by atoms with Gasteiger partial charge in [0.2, 0.25) is 0 Å². The second-order valence-corrected chi connectivity index (χ2v) is 4.58. The molecule has 10 nitrogen and oxygen atoms in total. The standard InChI is InChI=1S/C13H17N5O5/c1-17(2)9-5-6-18(10(15-9)12(19)20)23-13-14-7-8(21-3)11(16-13)22-4/h5,7H,6H2,1-4H3,(H,19,20). The molecule has 0 radical (unpaired) electrons. The molecule has 1 aromatic rings. The summed E-state index contributed by atoms with van der Waals surface area (Å²) in [5.41, 5.74) is 0. The molecule has 2 heterocycles. The lowest BCUT2D eigenvalue weighted by molar-refractivity contribution is -0.132. The molecule has 0 saturated heterocycles. The normalized spacial score (nSPS) is 13.8. The Bertz CT molecular complexity index is 658. The lowest BCUT2D eigenvalue weighted by Gasteiger charge is -2.26. The van der Waals surface area contributed by atoms with E-state index in [1.807, 2.05) is 0 Å². The van der Waals surface area contributed by atoms with E-state index in [1.165, 1.54) is 20.4 Å². The number of nitrogens with zero attached hydrogens (tertiary/aromatic N) is 5. The number of aliphatic imine (C=N–C) groups is 1. The molecule has 124 valence electrons. The van der Waals surface area contributed by atoms with Crippen LogP contribution in [-0.2, 0) is 4.79 Å². The number of aromatic nitrogens is 2. The molecule has 0 bridgehead atoms. The first-order valence-corrected chi connectivity index (χ1v) is 6.56. The minimum atomic E-state index is -1.22. The van der Waals surface area contributed by atoms with E-state index in [2.05, 4.69) is 15.0 Å². The van der Waals surface area contributed by atoms with E-state index in [9.17, 15) is 9.90 Å². The predicted molar refractivity (Wildman–Crippen MR) is 79.3 cm³/mol. The Labute approximate surface area is 132 Å². The molecule has 0 unspecified atom stereocenters. The molecule has 0 spiro atoms. The van der Waals surface area contributed by atoms with Crippen LogP contribution in [0.15, 0.2) is 23.1 Å². The van der Waals surface area contributed by atoms with Crippen molar-refractivity contribution in [3.63, 3.8) is 0 Å². The van der Waals surface area contributed by atoms with Crippen molar-refractivity contribution in [1.29, 1.82) is 0 Å². The molecule has 0 fully saturated rings. The summed E-state index contributed by atoms with van der Waals surface area (Å²) >= 11 is 0. The maximum atomic E-state index is 11.4. The summed E-state index contributed by atoms with van der Waals surface area (Å²) in [6.45, 7) is 0.177. The number of carbonyl (C=O) groups is 1. The Morgan fingerprint density at radius 2 is 2.09 bits per heavy atom. The van der Waals surface area contributed by atoms with E-state index >= 15 is 0 Å². The van der Waals surface area contributed by atoms with E-state index in [4.69, 9.17) is 14.3 Å². The van der Waals surface area contributed by atoms with Crippen molar-refractivity contribution < 1.29 is 24.2 Å². The van der Waals surface area contributed by atoms with Crippen LogP contribution in [0.3, 0.4) is 0 Å². The van der Waals surface area contributed by atoms with Gasteiger partial charge in [-0.1, -0.05) is 0 Å². The minimum Gasteiger partial charge on any atom is -0.490 e. The average molecular weight is 323 g/mol. The number of carboxylic acid groups (broad SMARTS) is 1. The Morgan fingerprint density at radius 3 is 2.65 bits per heavy atom. The number of hydrogen-bond acceptors (Lipinski definition) is 9. The van der Waals surface area contributed by atoms with E-state index in [0.717, 1.165) is 5.06 Å². The highest BCUT2D eigenvalue weighted by Crippen LogP contribution is 2.25. The third kappa shape index (κ3) is 3.59. The topological polar surface area (TPSA) is 110 Å². The van der Waals surface area contributed by atoms with Gasteiger partial charge in [0.25, 0.3) is 11.7 Å². The molecule has 0 saturated carbocycles. The molecule has 1 N–H and O–H groups in total. The number of aliphatic carboxylic acids is 1. The number of hydroxylamine groups is 2. The van der Waals surface area contributed by atoms with Crippen molar-refractivity contribution in [2.24, 2.45) is 4.99 Å². The summed E-state index contributed by atoms with van der Waals surface area (Å²) in [5, 5.41) is 10.4. The summed E-state index contributed by atoms with van der Waals surface area (Å²) in [5.74, 6) is -0.462. The van der Waals surface area contributed by atoms with Crippen molar-refractivity contribution in [2.75, 3.05) is 34.9 Å². The van der Waals surface area contributed by atoms with Crippen LogP contribution in [0.2, 0.25) is 0 Å². The Kier molecular flexibility index (Phi) is 4.84. The highest BCUT2D eigenvalue weighted by molar-refractivity contribution is 6.34. The van der Waals surface area contributed by atoms with E-state index in [1.54, 1.807) is 25.1 Å². The summed E-state index contributed by atoms with van der Waals surface area (Å²) in [7, 11) is 6.41. The quantitative estimate of drug-likeness (QED) is 0.772. The fourth-order valence-electron chi connectivity index (χ4n) is 1.75. The third-order valence-corrected chi connectivity index (χ3v) is 2.85. The predicted octanol–water partition coefficient (Wildman–Crippen LogP) is -0.0107. The number of carboxylic acids is 1. The number of rotatable bonds is 6. The molecule has 0 aromatic carbocycles. The largest absolute Gasteiger partial charge is 0.490 e. The summed E-state index contributed by atoms with van der Waals surface area (Å²) < 4.78 is 10.1. The van der Waals surface area contributed by atoms with Crippen molar-refractivity contribution in [2.45, 2.75) is 0 Å². The summed E-state index contributed by atoms with van der Waals surface area (Å²) in [4.78, 5) is 30.4. The van der Waals surface area contributed by atoms with Crippen LogP contribution in [0.4, 0.5) is 0 Å². The van der Waals surface area contributed by atoms with Gasteiger partial charge in [0, 0.05) is 14.1 Å². The zero-order valence-corrected chi connectivity index (χ0v) is 13.2. The van der Waals surface area contributed by atoms with Crippen molar-refractivity contribution >= 4 is 11.8 Å². The van der Waals surface area contributed by atoms with Crippen molar-refractivity contribution in [3.05, 3.63) is 18.1 Å². The molecule has 0 aliphatic carbocycles. The lowest BCUT2D eigenvalue weighted by atomic mass is 10.4. The molecule has 1 aromatic heterocycles. The van der Waals surface area contributed by atoms with Gasteiger partial charge < -0.3 is 24.3 Å². The minimum absolute atomic E-state index is 0.0849. The molecule has 23 heavy (non-hydrogen) atoms. The van der Waals surface area contributed by atoms with Crippen LogP contribution in [0, 0.1) is 0 Å². The van der Waals surface area contributed by atoms with Crippen LogP contribution in [0.25, 0.3) is 0 Å². The Balaban J connectivity index is 2.23. The third-order valence-electron chi connectivity index (χ3n) is 2.85. The van der Waals surface area contributed by atoms with Gasteiger partial charge in [-0.05, 0) is 6.08 Å². The highest BCUT2D eigenvalue weighted by atomic mass is 16.7. The first-order valence-electron chi connectivity index (χ1n) is 6.56. The van der Waals surface area contributed by atoms with Gasteiger partial charge in [-0.2, -0.15) is 15.0 Å². The SMILES string of the molecule is COc1cnc(ON2CC=C(N(C)C)N=C2C(=O)O)nc1OC. The second kappa shape index (κ2) is 6.81. The fraction of sp³-hybridized carbons (Fsp3) is 0.385. The Hall–Kier alpha value is -3.04. The van der Waals surface area contributed by atoms with E-state index < -0.39 is 5.97 Å². The first-order chi connectivity index (χ1) is 11.0. The zero-order chi connectivity index (χ0) is 17.0. The maximum Gasteiger partial charge on any atom is 0.375 e. The molecular weight excluding hydrogens is 306 g/mol. The van der Waals surface area contributed by atoms with E-state index in [0.29, 0.717) is 11.6 Å². The summed E-state index contributed by atoms with van der Waals surface area (Å²) in [6, 6.07) is -0.0849. The molecule has 0 atom stereocenters. The molecule has 2 rings (SSSR count). The van der Waals surface area contributed by atoms with Gasteiger partial charge >= 0.3 is 12.0 Å². The van der Waals surface area contributed by atoms with Gasteiger partial charge in [-0.25, -0.2) is 9.79 Å². The molecule has 1 aliphatic rings. The number of methoxy groups -OCH3 is 2. The van der Waals surface area contributed by atoms with Gasteiger partial charge in [-0.3, -0.25) is 0 Å². The maximum absolute atomic E-state index is 11.4. The molecule has 1 aliphatic heterocycles. The van der Waals surface area contributed by atoms with E-state index in [-0.39, 0.29) is 24.3 Å². The van der Waals surface area contributed by atoms with Crippen molar-refractivity contribution in [1.82, 2.24) is 19.9 Å². The fourth-order valence-corrected chi connectivity index (χ4v) is 1.75. The van der Waals surface area contributed by atoms with Crippen LogP contribution in [0.1, 0.15) is 0 Å².